The molecule has 0 radical (unpaired) electrons. The molecule has 0 aromatic heterocycles. The second-order valence-corrected chi connectivity index (χ2v) is 1.29. The first-order valence-corrected chi connectivity index (χ1v) is 2.82. The van der Waals surface area contributed by atoms with Crippen molar-refractivity contribution in [2.45, 2.75) is 20.3 Å². The van der Waals surface area contributed by atoms with Crippen LogP contribution in [0.1, 0.15) is 20.3 Å². The van der Waals surface area contributed by atoms with Gasteiger partial charge in [0.2, 0.25) is 0 Å². The van der Waals surface area contributed by atoms with E-state index in [-0.39, 0.29) is 0 Å². The summed E-state index contributed by atoms with van der Waals surface area (Å²) in [5.41, 5.74) is 1.07. The molecule has 9 heavy (non-hydrogen) atoms. The lowest BCUT2D eigenvalue weighted by Crippen LogP contribution is -1.68. The maximum absolute atomic E-state index is 5.50. The lowest BCUT2D eigenvalue weighted by atomic mass is 10.3. The summed E-state index contributed by atoms with van der Waals surface area (Å²) in [6.07, 6.45) is 2.95. The zero-order valence-electron chi connectivity index (χ0n) is 6.15. The van der Waals surface area contributed by atoms with E-state index in [0.29, 0.717) is 0 Å². The van der Waals surface area contributed by atoms with Crippen LogP contribution < -0.4 is 0 Å². The van der Waals surface area contributed by atoms with Gasteiger partial charge < -0.3 is 5.41 Å². The maximum Gasteiger partial charge on any atom is 0.0351 e. The number of nitrogens with zero attached hydrogens (tertiary/aromatic N) is 1. The molecule has 0 aromatic rings. The van der Waals surface area contributed by atoms with E-state index in [1.54, 1.807) is 0 Å². The Morgan fingerprint density at radius 3 is 2.11 bits per heavy atom. The second kappa shape index (κ2) is 10.1. The van der Waals surface area contributed by atoms with Crippen molar-refractivity contribution in [2.75, 3.05) is 0 Å². The van der Waals surface area contributed by atoms with E-state index >= 15 is 0 Å². The molecule has 0 aliphatic heterocycles. The van der Waals surface area contributed by atoms with Crippen molar-refractivity contribution in [1.82, 2.24) is 0 Å². The average molecular weight is 126 g/mol. The number of nitrogens with one attached hydrogen (secondary N) is 1. The van der Waals surface area contributed by atoms with Gasteiger partial charge in [-0.1, -0.05) is 13.0 Å². The molecule has 0 heterocycles. The van der Waals surface area contributed by atoms with Crippen LogP contribution in [0.4, 0.5) is 0 Å². The minimum Gasteiger partial charge on any atom is -0.317 e. The molecule has 0 spiro atoms. The summed E-state index contributed by atoms with van der Waals surface area (Å²) in [5, 5.41) is 5.50. The van der Waals surface area contributed by atoms with Crippen LogP contribution in [0.15, 0.2) is 16.8 Å². The van der Waals surface area contributed by atoms with Crippen LogP contribution in [-0.4, -0.2) is 13.4 Å². The lowest BCUT2D eigenvalue weighted by Gasteiger charge is -1.87. The van der Waals surface area contributed by atoms with Gasteiger partial charge in [-0.3, -0.25) is 4.99 Å². The molecular weight excluding hydrogens is 112 g/mol. The van der Waals surface area contributed by atoms with Gasteiger partial charge in [0.15, 0.2) is 0 Å². The van der Waals surface area contributed by atoms with E-state index in [9.17, 15) is 0 Å². The molecule has 0 fully saturated rings. The minimum absolute atomic E-state index is 0.986. The SMILES string of the molecule is C=N.C=N/C(=C\C)CC. The van der Waals surface area contributed by atoms with Crippen LogP contribution >= 0.6 is 0 Å². The zero-order valence-corrected chi connectivity index (χ0v) is 6.15. The van der Waals surface area contributed by atoms with E-state index < -0.39 is 0 Å². The van der Waals surface area contributed by atoms with Gasteiger partial charge in [-0.05, 0) is 26.8 Å². The molecule has 0 saturated heterocycles. The van der Waals surface area contributed by atoms with Gasteiger partial charge in [0, 0.05) is 5.70 Å². The Bertz CT molecular complexity index is 95.1. The third kappa shape index (κ3) is 7.08. The number of allylic oxidation sites excluding steroid dienone is 2. The van der Waals surface area contributed by atoms with Crippen molar-refractivity contribution < 1.29 is 0 Å². The van der Waals surface area contributed by atoms with Gasteiger partial charge in [-0.2, -0.15) is 0 Å². The van der Waals surface area contributed by atoms with Gasteiger partial charge in [-0.15, -0.1) is 0 Å². The molecule has 2 nitrogen and oxygen atoms in total. The van der Waals surface area contributed by atoms with Crippen LogP contribution in [0.3, 0.4) is 0 Å². The molecule has 0 amide bonds. The molecule has 52 valence electrons. The predicted molar refractivity (Wildman–Crippen MR) is 43.4 cm³/mol. The highest BCUT2D eigenvalue weighted by molar-refractivity contribution is 5.28. The molecule has 0 unspecified atom stereocenters. The first-order valence-electron chi connectivity index (χ1n) is 2.82. The smallest absolute Gasteiger partial charge is 0.0351 e. The van der Waals surface area contributed by atoms with Crippen molar-refractivity contribution in [3.63, 3.8) is 0 Å². The molecule has 1 N–H and O–H groups in total. The fourth-order valence-electron chi connectivity index (χ4n) is 0.407. The summed E-state index contributed by atoms with van der Waals surface area (Å²) < 4.78 is 0. The van der Waals surface area contributed by atoms with Crippen molar-refractivity contribution in [2.24, 2.45) is 4.99 Å². The van der Waals surface area contributed by atoms with Crippen LogP contribution in [0.25, 0.3) is 0 Å². The first kappa shape index (κ1) is 11.0. The summed E-state index contributed by atoms with van der Waals surface area (Å²) in [6, 6.07) is 0. The number of hydrogen-bond donors (Lipinski definition) is 1. The highest BCUT2D eigenvalue weighted by Gasteiger charge is 1.78. The fourth-order valence-corrected chi connectivity index (χ4v) is 0.407. The van der Waals surface area contributed by atoms with Crippen molar-refractivity contribution in [1.29, 1.82) is 5.41 Å². The van der Waals surface area contributed by atoms with Crippen LogP contribution in [0, 0.1) is 5.41 Å². The Labute approximate surface area is 56.8 Å². The highest BCUT2D eigenvalue weighted by Crippen LogP contribution is 1.97. The summed E-state index contributed by atoms with van der Waals surface area (Å²) in [7, 11) is 0. The first-order chi connectivity index (χ1) is 4.35. The highest BCUT2D eigenvalue weighted by atomic mass is 14.7. The topological polar surface area (TPSA) is 36.2 Å². The van der Waals surface area contributed by atoms with E-state index in [1.165, 1.54) is 0 Å². The summed E-state index contributed by atoms with van der Waals surface area (Å²) in [5.74, 6) is 0. The Hall–Kier alpha value is -0.920. The molecule has 0 aliphatic rings. The standard InChI is InChI=1S/C6H11N.CH3N/c1-4-6(5-2)7-3;1-2/h4H,3,5H2,1-2H3;2H,1H2/b6-4-;. The molecule has 0 aromatic carbocycles. The largest absolute Gasteiger partial charge is 0.317 e. The normalized spacial score (nSPS) is 9.33. The van der Waals surface area contributed by atoms with Gasteiger partial charge in [0.1, 0.15) is 0 Å². The molecule has 0 saturated carbocycles. The third-order valence-electron chi connectivity index (χ3n) is 0.899. The second-order valence-electron chi connectivity index (χ2n) is 1.29. The Morgan fingerprint density at radius 1 is 1.67 bits per heavy atom. The van der Waals surface area contributed by atoms with Crippen LogP contribution in [0.5, 0.6) is 0 Å². The average Bonchev–Trinajstić information content (AvgIpc) is 1.96. The van der Waals surface area contributed by atoms with Crippen LogP contribution in [0.2, 0.25) is 0 Å². The van der Waals surface area contributed by atoms with E-state index in [2.05, 4.69) is 25.4 Å². The number of aliphatic imine (C=N–C) groups is 1. The van der Waals surface area contributed by atoms with Gasteiger partial charge >= 0.3 is 0 Å². The van der Waals surface area contributed by atoms with Gasteiger partial charge in [0.25, 0.3) is 0 Å². The van der Waals surface area contributed by atoms with Crippen molar-refractivity contribution in [3.8, 4) is 0 Å². The predicted octanol–water partition coefficient (Wildman–Crippen LogP) is 2.27. The monoisotopic (exact) mass is 126 g/mol. The summed E-state index contributed by atoms with van der Waals surface area (Å²) >= 11 is 0. The van der Waals surface area contributed by atoms with E-state index in [0.717, 1.165) is 12.1 Å². The Morgan fingerprint density at radius 2 is 2.11 bits per heavy atom. The lowest BCUT2D eigenvalue weighted by molar-refractivity contribution is 1.07. The van der Waals surface area contributed by atoms with Gasteiger partial charge in [-0.25, -0.2) is 0 Å². The van der Waals surface area contributed by atoms with Gasteiger partial charge in [0.05, 0.1) is 0 Å². The zero-order chi connectivity index (χ0) is 7.70. The van der Waals surface area contributed by atoms with Crippen molar-refractivity contribution in [3.05, 3.63) is 11.8 Å². The van der Waals surface area contributed by atoms with E-state index in [1.807, 2.05) is 13.0 Å². The molecule has 0 aliphatic carbocycles. The molecule has 0 rings (SSSR count). The molecule has 0 atom stereocenters. The summed E-state index contributed by atoms with van der Waals surface area (Å²) in [6.45, 7) is 9.91. The third-order valence-corrected chi connectivity index (χ3v) is 0.899. The van der Waals surface area contributed by atoms with Crippen LogP contribution in [-0.2, 0) is 0 Å². The minimum atomic E-state index is 0.986. The van der Waals surface area contributed by atoms with E-state index in [4.69, 9.17) is 5.41 Å². The van der Waals surface area contributed by atoms with Crippen molar-refractivity contribution >= 4 is 13.4 Å². The maximum atomic E-state index is 5.50. The molecule has 2 heteroatoms. The Kier molecular flexibility index (Phi) is 12.3. The Balaban J connectivity index is 0. The fraction of sp³-hybridized carbons (Fsp3) is 0.429. The quantitative estimate of drug-likeness (QED) is 0.551. The number of rotatable bonds is 2. The molecule has 0 bridgehead atoms. The summed E-state index contributed by atoms with van der Waals surface area (Å²) in [4.78, 5) is 3.74. The molecular formula is C7H14N2. The number of hydrogen-bond acceptors (Lipinski definition) is 2.